The van der Waals surface area contributed by atoms with Crippen LogP contribution in [-0.4, -0.2) is 40.1 Å². The molecule has 0 saturated heterocycles. The highest BCUT2D eigenvalue weighted by Gasteiger charge is 2.19. The minimum atomic E-state index is -0.157. The van der Waals surface area contributed by atoms with E-state index < -0.39 is 0 Å². The maximum Gasteiger partial charge on any atom is 0.272 e. The van der Waals surface area contributed by atoms with Crippen molar-refractivity contribution in [3.8, 4) is 0 Å². The van der Waals surface area contributed by atoms with Gasteiger partial charge in [-0.3, -0.25) is 15.6 Å². The molecule has 0 spiro atoms. The molecule has 0 saturated carbocycles. The number of aromatic nitrogens is 1. The second-order valence-electron chi connectivity index (χ2n) is 4.24. The molecule has 0 fully saturated rings. The molecule has 1 heterocycles. The van der Waals surface area contributed by atoms with E-state index in [0.29, 0.717) is 24.3 Å². The van der Waals surface area contributed by atoms with Gasteiger partial charge >= 0.3 is 0 Å². The quantitative estimate of drug-likeness (QED) is 0.509. The van der Waals surface area contributed by atoms with Gasteiger partial charge in [0.25, 0.3) is 5.91 Å². The number of amides is 1. The topological polar surface area (TPSA) is 91.5 Å². The number of anilines is 1. The summed E-state index contributed by atoms with van der Waals surface area (Å²) in [5, 5.41) is 8.85. The van der Waals surface area contributed by atoms with Gasteiger partial charge in [-0.2, -0.15) is 0 Å². The lowest BCUT2D eigenvalue weighted by Crippen LogP contribution is -2.38. The Balaban J connectivity index is 2.87. The van der Waals surface area contributed by atoms with Crippen LogP contribution in [0.5, 0.6) is 0 Å². The first-order valence-corrected chi connectivity index (χ1v) is 5.94. The lowest BCUT2D eigenvalue weighted by Gasteiger charge is -2.26. The highest BCUT2D eigenvalue weighted by atomic mass is 16.3. The fraction of sp³-hybridized carbons (Fsp3) is 0.500. The fourth-order valence-corrected chi connectivity index (χ4v) is 1.62. The standard InChI is InChI=1S/C12H20N4O2/c1-9(2)16(6-3-7-17)12(18)11-8-10(15-13)4-5-14-11/h4-5,8-9,17H,3,6-7,13H2,1-2H3,(H,14,15). The van der Waals surface area contributed by atoms with E-state index in [0.717, 1.165) is 0 Å². The number of aliphatic hydroxyl groups is 1. The molecule has 0 aliphatic heterocycles. The first kappa shape index (κ1) is 14.4. The normalized spacial score (nSPS) is 10.5. The molecule has 4 N–H and O–H groups in total. The van der Waals surface area contributed by atoms with E-state index in [1.165, 1.54) is 6.20 Å². The number of pyridine rings is 1. The monoisotopic (exact) mass is 252 g/mol. The van der Waals surface area contributed by atoms with E-state index in [4.69, 9.17) is 10.9 Å². The van der Waals surface area contributed by atoms with Crippen molar-refractivity contribution in [3.63, 3.8) is 0 Å². The Kier molecular flexibility index (Phi) is 5.54. The number of nitrogen functional groups attached to an aromatic ring is 1. The van der Waals surface area contributed by atoms with Crippen molar-refractivity contribution in [2.45, 2.75) is 26.3 Å². The van der Waals surface area contributed by atoms with Crippen LogP contribution >= 0.6 is 0 Å². The van der Waals surface area contributed by atoms with E-state index in [-0.39, 0.29) is 18.6 Å². The van der Waals surface area contributed by atoms with Crippen molar-refractivity contribution in [2.24, 2.45) is 5.84 Å². The number of carbonyl (C=O) groups excluding carboxylic acids is 1. The third-order valence-corrected chi connectivity index (χ3v) is 2.59. The van der Waals surface area contributed by atoms with Crippen LogP contribution in [-0.2, 0) is 0 Å². The van der Waals surface area contributed by atoms with Crippen molar-refractivity contribution >= 4 is 11.6 Å². The van der Waals surface area contributed by atoms with Crippen molar-refractivity contribution < 1.29 is 9.90 Å². The molecular weight excluding hydrogens is 232 g/mol. The van der Waals surface area contributed by atoms with Crippen LogP contribution in [0.4, 0.5) is 5.69 Å². The first-order chi connectivity index (χ1) is 8.60. The zero-order chi connectivity index (χ0) is 13.5. The molecular formula is C12H20N4O2. The summed E-state index contributed by atoms with van der Waals surface area (Å²) in [5.74, 6) is 5.14. The lowest BCUT2D eigenvalue weighted by atomic mass is 10.2. The van der Waals surface area contributed by atoms with Crippen molar-refractivity contribution in [1.29, 1.82) is 0 Å². The summed E-state index contributed by atoms with van der Waals surface area (Å²) < 4.78 is 0. The SMILES string of the molecule is CC(C)N(CCCO)C(=O)c1cc(NN)ccn1. The van der Waals surface area contributed by atoms with Crippen LogP contribution < -0.4 is 11.3 Å². The van der Waals surface area contributed by atoms with E-state index in [1.807, 2.05) is 13.8 Å². The Labute approximate surface area is 107 Å². The summed E-state index contributed by atoms with van der Waals surface area (Å²) in [7, 11) is 0. The third-order valence-electron chi connectivity index (χ3n) is 2.59. The van der Waals surface area contributed by atoms with Crippen molar-refractivity contribution in [2.75, 3.05) is 18.6 Å². The van der Waals surface area contributed by atoms with Gasteiger partial charge in [0.2, 0.25) is 0 Å². The Morgan fingerprint density at radius 2 is 2.33 bits per heavy atom. The number of hydrogen-bond donors (Lipinski definition) is 3. The number of nitrogens with zero attached hydrogens (tertiary/aromatic N) is 2. The van der Waals surface area contributed by atoms with Gasteiger partial charge in [0.1, 0.15) is 5.69 Å². The Morgan fingerprint density at radius 3 is 2.89 bits per heavy atom. The van der Waals surface area contributed by atoms with E-state index in [2.05, 4.69) is 10.4 Å². The highest BCUT2D eigenvalue weighted by Crippen LogP contribution is 2.11. The maximum absolute atomic E-state index is 12.3. The molecule has 0 atom stereocenters. The lowest BCUT2D eigenvalue weighted by molar-refractivity contribution is 0.0687. The van der Waals surface area contributed by atoms with E-state index >= 15 is 0 Å². The zero-order valence-electron chi connectivity index (χ0n) is 10.8. The minimum absolute atomic E-state index is 0.0559. The van der Waals surface area contributed by atoms with E-state index in [9.17, 15) is 4.79 Å². The molecule has 1 aromatic heterocycles. The molecule has 100 valence electrons. The molecule has 1 amide bonds. The number of hydrogen-bond acceptors (Lipinski definition) is 5. The average Bonchev–Trinajstić information content (AvgIpc) is 2.38. The van der Waals surface area contributed by atoms with Gasteiger partial charge in [0.05, 0.1) is 5.69 Å². The predicted molar refractivity (Wildman–Crippen MR) is 69.9 cm³/mol. The van der Waals surface area contributed by atoms with Gasteiger partial charge < -0.3 is 15.4 Å². The smallest absolute Gasteiger partial charge is 0.272 e. The molecule has 0 radical (unpaired) electrons. The summed E-state index contributed by atoms with van der Waals surface area (Å²) in [4.78, 5) is 18.0. The Hall–Kier alpha value is -1.66. The third kappa shape index (κ3) is 3.68. The highest BCUT2D eigenvalue weighted by molar-refractivity contribution is 5.93. The van der Waals surface area contributed by atoms with Gasteiger partial charge in [-0.1, -0.05) is 0 Å². The number of nitrogens with two attached hydrogens (primary N) is 1. The molecule has 1 aromatic rings. The van der Waals surface area contributed by atoms with Crippen LogP contribution in [0.15, 0.2) is 18.3 Å². The van der Waals surface area contributed by atoms with Gasteiger partial charge in [0.15, 0.2) is 0 Å². The molecule has 6 nitrogen and oxygen atoms in total. The van der Waals surface area contributed by atoms with Crippen LogP contribution in [0.25, 0.3) is 0 Å². The summed E-state index contributed by atoms with van der Waals surface area (Å²) >= 11 is 0. The van der Waals surface area contributed by atoms with Crippen LogP contribution in [0, 0.1) is 0 Å². The molecule has 1 rings (SSSR count). The van der Waals surface area contributed by atoms with Crippen molar-refractivity contribution in [3.05, 3.63) is 24.0 Å². The first-order valence-electron chi connectivity index (χ1n) is 5.94. The van der Waals surface area contributed by atoms with Gasteiger partial charge in [-0.15, -0.1) is 0 Å². The summed E-state index contributed by atoms with van der Waals surface area (Å²) in [6.45, 7) is 4.43. The molecule has 0 unspecified atom stereocenters. The van der Waals surface area contributed by atoms with E-state index in [1.54, 1.807) is 17.0 Å². The Bertz CT molecular complexity index is 395. The minimum Gasteiger partial charge on any atom is -0.396 e. The maximum atomic E-state index is 12.3. The second-order valence-corrected chi connectivity index (χ2v) is 4.24. The van der Waals surface area contributed by atoms with Gasteiger partial charge in [-0.25, -0.2) is 0 Å². The fourth-order valence-electron chi connectivity index (χ4n) is 1.62. The molecule has 18 heavy (non-hydrogen) atoms. The molecule has 0 aliphatic rings. The van der Waals surface area contributed by atoms with Gasteiger partial charge in [-0.05, 0) is 32.4 Å². The summed E-state index contributed by atoms with van der Waals surface area (Å²) in [5.41, 5.74) is 3.47. The summed E-state index contributed by atoms with van der Waals surface area (Å²) in [6, 6.07) is 3.35. The average molecular weight is 252 g/mol. The van der Waals surface area contributed by atoms with Gasteiger partial charge in [0, 0.05) is 25.4 Å². The molecule has 0 aliphatic carbocycles. The number of hydrazine groups is 1. The Morgan fingerprint density at radius 1 is 1.61 bits per heavy atom. The zero-order valence-corrected chi connectivity index (χ0v) is 10.8. The van der Waals surface area contributed by atoms with Crippen LogP contribution in [0.2, 0.25) is 0 Å². The second kappa shape index (κ2) is 6.93. The number of carbonyl (C=O) groups is 1. The molecule has 6 heteroatoms. The van der Waals surface area contributed by atoms with Crippen molar-refractivity contribution in [1.82, 2.24) is 9.88 Å². The van der Waals surface area contributed by atoms with Crippen LogP contribution in [0.1, 0.15) is 30.8 Å². The molecule has 0 aromatic carbocycles. The largest absolute Gasteiger partial charge is 0.396 e. The summed E-state index contributed by atoms with van der Waals surface area (Å²) in [6.07, 6.45) is 2.09. The number of nitrogens with one attached hydrogen (secondary N) is 1. The predicted octanol–water partition coefficient (Wildman–Crippen LogP) is 0.600. The van der Waals surface area contributed by atoms with Crippen LogP contribution in [0.3, 0.4) is 0 Å². The number of rotatable bonds is 6. The molecule has 0 bridgehead atoms. The number of aliphatic hydroxyl groups excluding tert-OH is 1.